The monoisotopic (exact) mass is 355 g/mol. The van der Waals surface area contributed by atoms with Gasteiger partial charge in [0.25, 0.3) is 0 Å². The molecule has 26 heavy (non-hydrogen) atoms. The van der Waals surface area contributed by atoms with E-state index in [2.05, 4.69) is 10.3 Å². The highest BCUT2D eigenvalue weighted by molar-refractivity contribution is 5.99. The van der Waals surface area contributed by atoms with Gasteiger partial charge in [0.05, 0.1) is 30.6 Å². The summed E-state index contributed by atoms with van der Waals surface area (Å²) in [6.07, 6.45) is 1.07. The molecule has 2 aromatic rings. The van der Waals surface area contributed by atoms with Gasteiger partial charge in [0.1, 0.15) is 5.75 Å². The van der Waals surface area contributed by atoms with E-state index in [-0.39, 0.29) is 18.1 Å². The smallest absolute Gasteiger partial charge is 0.247 e. The van der Waals surface area contributed by atoms with E-state index in [1.807, 2.05) is 32.0 Å². The molecule has 1 amide bonds. The summed E-state index contributed by atoms with van der Waals surface area (Å²) >= 11 is 0. The average molecular weight is 355 g/mol. The number of benzene rings is 1. The molecule has 3 heterocycles. The summed E-state index contributed by atoms with van der Waals surface area (Å²) in [5, 5.41) is 12.9. The molecule has 7 heteroatoms. The van der Waals surface area contributed by atoms with Crippen LogP contribution in [0.1, 0.15) is 37.5 Å². The van der Waals surface area contributed by atoms with E-state index in [9.17, 15) is 9.90 Å². The maximum Gasteiger partial charge on any atom is 0.247 e. The van der Waals surface area contributed by atoms with E-state index < -0.39 is 6.35 Å². The first-order chi connectivity index (χ1) is 12.6. The molecule has 4 rings (SSSR count). The van der Waals surface area contributed by atoms with E-state index in [0.29, 0.717) is 24.6 Å². The molecule has 2 N–H and O–H groups in total. The zero-order valence-electron chi connectivity index (χ0n) is 14.7. The van der Waals surface area contributed by atoms with Crippen LogP contribution in [0.4, 0.5) is 5.69 Å². The molecular formula is C19H21N3O4. The van der Waals surface area contributed by atoms with Crippen LogP contribution in [0, 0.1) is 0 Å². The van der Waals surface area contributed by atoms with Gasteiger partial charge in [-0.25, -0.2) is 4.98 Å². The molecule has 0 radical (unpaired) electrons. The van der Waals surface area contributed by atoms with E-state index in [1.54, 1.807) is 12.1 Å². The van der Waals surface area contributed by atoms with Crippen molar-refractivity contribution >= 4 is 11.6 Å². The van der Waals surface area contributed by atoms with Crippen LogP contribution in [0.25, 0.3) is 0 Å². The molecular weight excluding hydrogens is 334 g/mol. The topological polar surface area (TPSA) is 83.9 Å². The van der Waals surface area contributed by atoms with Gasteiger partial charge >= 0.3 is 0 Å². The Morgan fingerprint density at radius 2 is 2.23 bits per heavy atom. The first-order valence-corrected chi connectivity index (χ1v) is 8.73. The standard InChI is InChI=1S/C19H21N3O4/c1-3-14-18(23)22(19(24)21-14)13-7-8-16(20-9-13)26-15-6-4-5-12-10-25-11(2)17(12)15/h4-9,11,14,19,21,24H,3,10H2,1-2H3. The number of fused-ring (bicyclic) bond motifs is 1. The molecule has 0 bridgehead atoms. The third-order valence-corrected chi connectivity index (χ3v) is 4.80. The summed E-state index contributed by atoms with van der Waals surface area (Å²) in [5.41, 5.74) is 2.68. The Bertz CT molecular complexity index is 824. The van der Waals surface area contributed by atoms with Crippen molar-refractivity contribution < 1.29 is 19.4 Å². The normalized spacial score (nSPS) is 24.8. The molecule has 0 saturated carbocycles. The Morgan fingerprint density at radius 3 is 2.92 bits per heavy atom. The summed E-state index contributed by atoms with van der Waals surface area (Å²) < 4.78 is 11.6. The van der Waals surface area contributed by atoms with E-state index in [0.717, 1.165) is 16.9 Å². The van der Waals surface area contributed by atoms with Gasteiger partial charge in [-0.2, -0.15) is 0 Å². The van der Waals surface area contributed by atoms with Crippen LogP contribution in [-0.4, -0.2) is 28.4 Å². The van der Waals surface area contributed by atoms with Crippen molar-refractivity contribution in [2.45, 2.75) is 45.4 Å². The van der Waals surface area contributed by atoms with Crippen molar-refractivity contribution in [2.75, 3.05) is 4.90 Å². The van der Waals surface area contributed by atoms with Crippen LogP contribution in [0.3, 0.4) is 0 Å². The van der Waals surface area contributed by atoms with Crippen LogP contribution in [0.2, 0.25) is 0 Å². The summed E-state index contributed by atoms with van der Waals surface area (Å²) in [6.45, 7) is 4.47. The Balaban J connectivity index is 1.55. The number of amides is 1. The second-order valence-corrected chi connectivity index (χ2v) is 6.45. The summed E-state index contributed by atoms with van der Waals surface area (Å²) in [7, 11) is 0. The van der Waals surface area contributed by atoms with Gasteiger partial charge in [0.15, 0.2) is 6.35 Å². The minimum Gasteiger partial charge on any atom is -0.439 e. The van der Waals surface area contributed by atoms with Crippen LogP contribution in [0.15, 0.2) is 36.5 Å². The van der Waals surface area contributed by atoms with Gasteiger partial charge in [-0.15, -0.1) is 0 Å². The van der Waals surface area contributed by atoms with Gasteiger partial charge < -0.3 is 14.6 Å². The van der Waals surface area contributed by atoms with E-state index in [1.165, 1.54) is 11.1 Å². The number of aliphatic hydroxyl groups is 1. The summed E-state index contributed by atoms with van der Waals surface area (Å²) in [5.74, 6) is 0.974. The number of aliphatic hydroxyl groups excluding tert-OH is 1. The number of carbonyl (C=O) groups is 1. The predicted octanol–water partition coefficient (Wildman–Crippen LogP) is 2.46. The number of nitrogens with one attached hydrogen (secondary N) is 1. The number of carbonyl (C=O) groups excluding carboxylic acids is 1. The van der Waals surface area contributed by atoms with Crippen LogP contribution in [0.5, 0.6) is 11.6 Å². The fourth-order valence-corrected chi connectivity index (χ4v) is 3.43. The second-order valence-electron chi connectivity index (χ2n) is 6.45. The number of pyridine rings is 1. The van der Waals surface area contributed by atoms with E-state index in [4.69, 9.17) is 9.47 Å². The number of aromatic nitrogens is 1. The third-order valence-electron chi connectivity index (χ3n) is 4.80. The van der Waals surface area contributed by atoms with Gasteiger partial charge in [-0.05, 0) is 31.0 Å². The lowest BCUT2D eigenvalue weighted by Gasteiger charge is -2.19. The van der Waals surface area contributed by atoms with Crippen molar-refractivity contribution in [2.24, 2.45) is 0 Å². The summed E-state index contributed by atoms with van der Waals surface area (Å²) in [6, 6.07) is 8.87. The zero-order valence-corrected chi connectivity index (χ0v) is 14.7. The van der Waals surface area contributed by atoms with Crippen molar-refractivity contribution in [3.63, 3.8) is 0 Å². The van der Waals surface area contributed by atoms with Gasteiger partial charge in [0, 0.05) is 11.6 Å². The molecule has 0 spiro atoms. The predicted molar refractivity (Wildman–Crippen MR) is 94.7 cm³/mol. The highest BCUT2D eigenvalue weighted by atomic mass is 16.5. The Hall–Kier alpha value is -2.48. The fraction of sp³-hybridized carbons (Fsp3) is 0.368. The number of nitrogens with zero attached hydrogens (tertiary/aromatic N) is 2. The molecule has 136 valence electrons. The van der Waals surface area contributed by atoms with Gasteiger partial charge in [0.2, 0.25) is 11.8 Å². The minimum absolute atomic E-state index is 0.0186. The molecule has 0 aliphatic carbocycles. The minimum atomic E-state index is -1.04. The lowest BCUT2D eigenvalue weighted by atomic mass is 10.1. The van der Waals surface area contributed by atoms with Gasteiger partial charge in [-0.3, -0.25) is 15.0 Å². The number of anilines is 1. The maximum absolute atomic E-state index is 12.3. The molecule has 2 aliphatic rings. The highest BCUT2D eigenvalue weighted by Gasteiger charge is 2.37. The van der Waals surface area contributed by atoms with Crippen LogP contribution >= 0.6 is 0 Å². The Labute approximate surface area is 151 Å². The SMILES string of the molecule is CCC1NC(O)N(c2ccc(Oc3cccc4c3C(C)OC4)nc2)C1=O. The van der Waals surface area contributed by atoms with Crippen molar-refractivity contribution in [3.8, 4) is 11.6 Å². The maximum atomic E-state index is 12.3. The molecule has 1 aromatic carbocycles. The highest BCUT2D eigenvalue weighted by Crippen LogP contribution is 2.38. The molecule has 1 saturated heterocycles. The lowest BCUT2D eigenvalue weighted by Crippen LogP contribution is -2.37. The zero-order chi connectivity index (χ0) is 18.3. The van der Waals surface area contributed by atoms with Crippen molar-refractivity contribution in [3.05, 3.63) is 47.7 Å². The Morgan fingerprint density at radius 1 is 1.38 bits per heavy atom. The van der Waals surface area contributed by atoms with Crippen LogP contribution in [-0.2, 0) is 16.1 Å². The first kappa shape index (κ1) is 17.0. The van der Waals surface area contributed by atoms with Crippen LogP contribution < -0.4 is 15.0 Å². The lowest BCUT2D eigenvalue weighted by molar-refractivity contribution is -0.118. The number of hydrogen-bond acceptors (Lipinski definition) is 6. The number of ether oxygens (including phenoxy) is 2. The van der Waals surface area contributed by atoms with Gasteiger partial charge in [-0.1, -0.05) is 19.1 Å². The Kier molecular flexibility index (Phi) is 4.36. The molecule has 1 fully saturated rings. The average Bonchev–Trinajstić information content (AvgIpc) is 3.16. The molecule has 7 nitrogen and oxygen atoms in total. The number of hydrogen-bond donors (Lipinski definition) is 2. The summed E-state index contributed by atoms with van der Waals surface area (Å²) in [4.78, 5) is 17.9. The van der Waals surface area contributed by atoms with E-state index >= 15 is 0 Å². The fourth-order valence-electron chi connectivity index (χ4n) is 3.43. The third kappa shape index (κ3) is 2.84. The molecule has 1 aromatic heterocycles. The molecule has 3 unspecified atom stereocenters. The molecule has 2 aliphatic heterocycles. The number of rotatable bonds is 4. The second kappa shape index (κ2) is 6.68. The quantitative estimate of drug-likeness (QED) is 0.876. The molecule has 3 atom stereocenters. The van der Waals surface area contributed by atoms with Crippen molar-refractivity contribution in [1.82, 2.24) is 10.3 Å². The first-order valence-electron chi connectivity index (χ1n) is 8.73. The largest absolute Gasteiger partial charge is 0.439 e. The van der Waals surface area contributed by atoms with Crippen molar-refractivity contribution in [1.29, 1.82) is 0 Å².